The molecule has 0 spiro atoms. The Labute approximate surface area is 105 Å². The number of hydrogen-bond donors (Lipinski definition) is 0. The van der Waals surface area contributed by atoms with Crippen LogP contribution in [0.4, 0.5) is 0 Å². The summed E-state index contributed by atoms with van der Waals surface area (Å²) in [6, 6.07) is 7.09. The molecule has 2 rings (SSSR count). The molecule has 0 heterocycles. The van der Waals surface area contributed by atoms with Crippen molar-refractivity contribution >= 4 is 25.8 Å². The maximum Gasteiger partial charge on any atom is 0.193 e. The number of hydrogen-bond acceptors (Lipinski definition) is 2. The maximum absolute atomic E-state index is 12.4. The van der Waals surface area contributed by atoms with Crippen molar-refractivity contribution in [2.75, 3.05) is 0 Å². The van der Waals surface area contributed by atoms with Gasteiger partial charge in [-0.1, -0.05) is 46.5 Å². The van der Waals surface area contributed by atoms with Crippen LogP contribution in [0.25, 0.3) is 0 Å². The van der Waals surface area contributed by atoms with E-state index in [4.69, 9.17) is 0 Å². The molecular weight excluding hydrogens is 288 g/mol. The Morgan fingerprint density at radius 2 is 1.62 bits per heavy atom. The molecule has 1 aliphatic rings. The van der Waals surface area contributed by atoms with Crippen molar-refractivity contribution in [3.63, 3.8) is 0 Å². The van der Waals surface area contributed by atoms with E-state index in [0.717, 1.165) is 18.4 Å². The highest BCUT2D eigenvalue weighted by atomic mass is 79.9. The van der Waals surface area contributed by atoms with Crippen LogP contribution in [0.2, 0.25) is 0 Å². The topological polar surface area (TPSA) is 34.1 Å². The summed E-state index contributed by atoms with van der Waals surface area (Å²) in [4.78, 5) is 0.428. The average molecular weight is 303 g/mol. The van der Waals surface area contributed by atoms with Crippen LogP contribution < -0.4 is 0 Å². The quantitative estimate of drug-likeness (QED) is 0.784. The van der Waals surface area contributed by atoms with E-state index in [-0.39, 0.29) is 0 Å². The summed E-state index contributed by atoms with van der Waals surface area (Å²) in [5, 5.41) is 0. The maximum atomic E-state index is 12.4. The fourth-order valence-electron chi connectivity index (χ4n) is 2.10. The second-order valence-corrected chi connectivity index (χ2v) is 8.71. The molecular formula is C12H15BrO2S. The smallest absolute Gasteiger partial charge is 0.193 e. The zero-order valence-electron chi connectivity index (χ0n) is 9.24. The molecule has 4 heteroatoms. The molecule has 0 saturated heterocycles. The molecule has 0 aromatic heterocycles. The lowest BCUT2D eigenvalue weighted by atomic mass is 10.2. The summed E-state index contributed by atoms with van der Waals surface area (Å²) in [5.41, 5.74) is 1.08. The lowest BCUT2D eigenvalue weighted by Gasteiger charge is -2.21. The molecule has 1 aromatic carbocycles. The highest BCUT2D eigenvalue weighted by molar-refractivity contribution is 9.11. The number of alkyl halides is 1. The van der Waals surface area contributed by atoms with Crippen LogP contribution in [0.5, 0.6) is 0 Å². The summed E-state index contributed by atoms with van der Waals surface area (Å²) in [5.74, 6) is 0. The third-order valence-electron chi connectivity index (χ3n) is 3.16. The average Bonchev–Trinajstić information content (AvgIpc) is 2.67. The Hall–Kier alpha value is -0.350. The number of benzene rings is 1. The summed E-state index contributed by atoms with van der Waals surface area (Å²) >= 11 is 3.43. The Kier molecular flexibility index (Phi) is 3.14. The predicted octanol–water partition coefficient (Wildman–Crippen LogP) is 3.43. The van der Waals surface area contributed by atoms with Crippen molar-refractivity contribution < 1.29 is 8.42 Å². The largest absolute Gasteiger partial charge is 0.222 e. The standard InChI is InChI=1S/C12H15BrO2S/c1-10-4-6-11(7-5-10)16(14,15)12(13)8-2-3-9-12/h4-7H,2-3,8-9H2,1H3. The van der Waals surface area contributed by atoms with Gasteiger partial charge in [0.15, 0.2) is 9.84 Å². The molecule has 0 bridgehead atoms. The fraction of sp³-hybridized carbons (Fsp3) is 0.500. The van der Waals surface area contributed by atoms with Crippen LogP contribution in [-0.2, 0) is 9.84 Å². The van der Waals surface area contributed by atoms with E-state index in [1.54, 1.807) is 12.1 Å². The molecule has 88 valence electrons. The molecule has 1 saturated carbocycles. The van der Waals surface area contributed by atoms with E-state index in [0.29, 0.717) is 17.7 Å². The van der Waals surface area contributed by atoms with E-state index < -0.39 is 13.5 Å². The molecule has 0 atom stereocenters. The molecule has 0 unspecified atom stereocenters. The molecule has 0 amide bonds. The normalized spacial score (nSPS) is 19.9. The van der Waals surface area contributed by atoms with Gasteiger partial charge in [-0.25, -0.2) is 8.42 Å². The van der Waals surface area contributed by atoms with Crippen LogP contribution in [0.1, 0.15) is 31.2 Å². The molecule has 0 aliphatic heterocycles. The van der Waals surface area contributed by atoms with Crippen molar-refractivity contribution in [2.24, 2.45) is 0 Å². The summed E-state index contributed by atoms with van der Waals surface area (Å²) in [7, 11) is -3.24. The minimum Gasteiger partial charge on any atom is -0.222 e. The monoisotopic (exact) mass is 302 g/mol. The van der Waals surface area contributed by atoms with Gasteiger partial charge in [-0.3, -0.25) is 0 Å². The van der Waals surface area contributed by atoms with Crippen molar-refractivity contribution in [1.29, 1.82) is 0 Å². The van der Waals surface area contributed by atoms with Gasteiger partial charge in [0, 0.05) is 0 Å². The summed E-state index contributed by atoms with van der Waals surface area (Å²) < 4.78 is 24.1. The number of rotatable bonds is 2. The van der Waals surface area contributed by atoms with E-state index in [9.17, 15) is 8.42 Å². The van der Waals surface area contributed by atoms with Crippen LogP contribution in [0, 0.1) is 6.92 Å². The number of aryl methyl sites for hydroxylation is 1. The minimum atomic E-state index is -3.24. The molecule has 16 heavy (non-hydrogen) atoms. The summed E-state index contributed by atoms with van der Waals surface area (Å²) in [6.07, 6.45) is 3.39. The lowest BCUT2D eigenvalue weighted by molar-refractivity contribution is 0.573. The second kappa shape index (κ2) is 4.15. The van der Waals surface area contributed by atoms with Gasteiger partial charge < -0.3 is 0 Å². The third-order valence-corrected chi connectivity index (χ3v) is 7.50. The zero-order valence-corrected chi connectivity index (χ0v) is 11.6. The third kappa shape index (κ3) is 1.93. The van der Waals surface area contributed by atoms with Crippen molar-refractivity contribution in [3.05, 3.63) is 29.8 Å². The van der Waals surface area contributed by atoms with Gasteiger partial charge in [-0.05, 0) is 31.9 Å². The van der Waals surface area contributed by atoms with E-state index >= 15 is 0 Å². The van der Waals surface area contributed by atoms with Crippen molar-refractivity contribution in [2.45, 2.75) is 41.2 Å². The van der Waals surface area contributed by atoms with E-state index in [1.807, 2.05) is 19.1 Å². The summed E-state index contributed by atoms with van der Waals surface area (Å²) in [6.45, 7) is 1.95. The zero-order chi connectivity index (χ0) is 11.8. The van der Waals surface area contributed by atoms with Gasteiger partial charge in [0.1, 0.15) is 3.66 Å². The van der Waals surface area contributed by atoms with Gasteiger partial charge in [-0.2, -0.15) is 0 Å². The first-order valence-corrected chi connectivity index (χ1v) is 7.74. The van der Waals surface area contributed by atoms with E-state index in [1.165, 1.54) is 0 Å². The second-order valence-electron chi connectivity index (χ2n) is 4.41. The first-order valence-electron chi connectivity index (χ1n) is 5.46. The predicted molar refractivity (Wildman–Crippen MR) is 68.5 cm³/mol. The number of sulfone groups is 1. The molecule has 0 radical (unpaired) electrons. The van der Waals surface area contributed by atoms with Crippen molar-refractivity contribution in [1.82, 2.24) is 0 Å². The van der Waals surface area contributed by atoms with Crippen LogP contribution >= 0.6 is 15.9 Å². The number of halogens is 1. The van der Waals surface area contributed by atoms with Crippen LogP contribution in [0.3, 0.4) is 0 Å². The van der Waals surface area contributed by atoms with Gasteiger partial charge in [0.25, 0.3) is 0 Å². The Morgan fingerprint density at radius 3 is 2.12 bits per heavy atom. The first kappa shape index (κ1) is 12.1. The Morgan fingerprint density at radius 1 is 1.12 bits per heavy atom. The Bertz CT molecular complexity index is 470. The van der Waals surface area contributed by atoms with Crippen LogP contribution in [0.15, 0.2) is 29.2 Å². The van der Waals surface area contributed by atoms with Gasteiger partial charge in [0.05, 0.1) is 4.90 Å². The molecule has 0 N–H and O–H groups in total. The fourth-order valence-corrected chi connectivity index (χ4v) is 4.96. The Balaban J connectivity index is 2.42. The van der Waals surface area contributed by atoms with E-state index in [2.05, 4.69) is 15.9 Å². The lowest BCUT2D eigenvalue weighted by Crippen LogP contribution is -2.28. The molecule has 2 nitrogen and oxygen atoms in total. The molecule has 1 aliphatic carbocycles. The SMILES string of the molecule is Cc1ccc(S(=O)(=O)C2(Br)CCCC2)cc1. The first-order chi connectivity index (χ1) is 7.46. The van der Waals surface area contributed by atoms with Gasteiger partial charge in [0.2, 0.25) is 0 Å². The highest BCUT2D eigenvalue weighted by Gasteiger charge is 2.44. The molecule has 1 aromatic rings. The highest BCUT2D eigenvalue weighted by Crippen LogP contribution is 2.45. The van der Waals surface area contributed by atoms with Gasteiger partial charge in [-0.15, -0.1) is 0 Å². The van der Waals surface area contributed by atoms with Gasteiger partial charge >= 0.3 is 0 Å². The van der Waals surface area contributed by atoms with Crippen molar-refractivity contribution in [3.8, 4) is 0 Å². The minimum absolute atomic E-state index is 0.428. The molecule has 1 fully saturated rings. The van der Waals surface area contributed by atoms with Crippen LogP contribution in [-0.4, -0.2) is 12.1 Å².